The Balaban J connectivity index is 2.82. The molecule has 178 valence electrons. The molecule has 0 aromatic rings. The van der Waals surface area contributed by atoms with Crippen molar-refractivity contribution in [1.82, 2.24) is 0 Å². The van der Waals surface area contributed by atoms with Crippen molar-refractivity contribution in [2.75, 3.05) is 6.61 Å². The van der Waals surface area contributed by atoms with Gasteiger partial charge in [-0.2, -0.15) is 0 Å². The second kappa shape index (κ2) is 10.1. The first-order chi connectivity index (χ1) is 14.8. The van der Waals surface area contributed by atoms with E-state index in [1.165, 1.54) is 26.0 Å². The highest BCUT2D eigenvalue weighted by molar-refractivity contribution is 6.01. The van der Waals surface area contributed by atoms with E-state index in [1.54, 1.807) is 13.8 Å². The summed E-state index contributed by atoms with van der Waals surface area (Å²) in [5.41, 5.74) is 0.691. The molecule has 8 nitrogen and oxygen atoms in total. The molecule has 32 heavy (non-hydrogen) atoms. The first-order valence-electron chi connectivity index (χ1n) is 10.7. The molecule has 2 aliphatic carbocycles. The summed E-state index contributed by atoms with van der Waals surface area (Å²) in [4.78, 5) is 37.2. The van der Waals surface area contributed by atoms with Crippen LogP contribution in [0.5, 0.6) is 0 Å². The summed E-state index contributed by atoms with van der Waals surface area (Å²) in [7, 11) is 0. The fourth-order valence-electron chi connectivity index (χ4n) is 4.75. The summed E-state index contributed by atoms with van der Waals surface area (Å²) in [6.45, 7) is 8.96. The minimum atomic E-state index is -1.26. The quantitative estimate of drug-likeness (QED) is 0.438. The molecule has 5 atom stereocenters. The molecule has 8 heteroatoms. The predicted molar refractivity (Wildman–Crippen MR) is 116 cm³/mol. The van der Waals surface area contributed by atoms with E-state index in [0.29, 0.717) is 11.1 Å². The summed E-state index contributed by atoms with van der Waals surface area (Å²) < 4.78 is 11.0. The van der Waals surface area contributed by atoms with E-state index in [9.17, 15) is 29.7 Å². The molecule has 0 spiro atoms. The van der Waals surface area contributed by atoms with Gasteiger partial charge in [0.25, 0.3) is 0 Å². The highest BCUT2D eigenvalue weighted by Gasteiger charge is 2.50. The molecule has 3 N–H and O–H groups in total. The molecular weight excluding hydrogens is 416 g/mol. The zero-order valence-corrected chi connectivity index (χ0v) is 19.5. The maximum atomic E-state index is 13.4. The topological polar surface area (TPSA) is 130 Å². The van der Waals surface area contributed by atoms with Gasteiger partial charge < -0.3 is 24.8 Å². The number of esters is 2. The molecule has 0 saturated heterocycles. The van der Waals surface area contributed by atoms with Crippen LogP contribution < -0.4 is 0 Å². The van der Waals surface area contributed by atoms with Gasteiger partial charge in [-0.3, -0.25) is 14.4 Å². The minimum Gasteiger partial charge on any atom is -0.458 e. The van der Waals surface area contributed by atoms with Gasteiger partial charge in [0.2, 0.25) is 5.78 Å². The third kappa shape index (κ3) is 5.36. The molecule has 2 bridgehead atoms. The van der Waals surface area contributed by atoms with E-state index in [-0.39, 0.29) is 24.0 Å². The first-order valence-corrected chi connectivity index (χ1v) is 10.7. The molecule has 0 radical (unpaired) electrons. The maximum Gasteiger partial charge on any atom is 0.303 e. The fourth-order valence-corrected chi connectivity index (χ4v) is 4.75. The smallest absolute Gasteiger partial charge is 0.303 e. The SMILES string of the molecule is CC(=O)O[C@H]1C(=O)/C(C)=C/C[C@H](O)/C(CO)=C\[C@H](OC(C)=O)[C@@H]2C[C@H](O)C(C)=C1C2(C)C. The zero-order valence-electron chi connectivity index (χ0n) is 19.5. The molecule has 2 rings (SSSR count). The lowest BCUT2D eigenvalue weighted by Gasteiger charge is -2.47. The second-order valence-corrected chi connectivity index (χ2v) is 9.14. The van der Waals surface area contributed by atoms with Crippen molar-refractivity contribution in [3.8, 4) is 0 Å². The second-order valence-electron chi connectivity index (χ2n) is 9.14. The molecule has 0 aromatic heterocycles. The lowest BCUT2D eigenvalue weighted by molar-refractivity contribution is -0.152. The standard InChI is InChI=1S/C24H34O8/c1-12-7-8-18(28)16(11-25)9-20(31-14(3)26)17-10-19(29)13(2)21(24(17,5)6)23(22(12)30)32-15(4)27/h7,9,17-20,23,25,28-29H,8,10-11H2,1-6H3/b12-7+,16-9-/t17-,18-,19-,20-,23+/m0/s1. The number of Topliss-reactive ketones (excluding diaryl/α,β-unsaturated/α-hetero) is 1. The van der Waals surface area contributed by atoms with Crippen LogP contribution in [0.2, 0.25) is 0 Å². The largest absolute Gasteiger partial charge is 0.458 e. The lowest BCUT2D eigenvalue weighted by Crippen LogP contribution is -2.49. The van der Waals surface area contributed by atoms with Gasteiger partial charge in [-0.1, -0.05) is 19.9 Å². The lowest BCUT2D eigenvalue weighted by atomic mass is 9.60. The Bertz CT molecular complexity index is 863. The number of hydrogen-bond acceptors (Lipinski definition) is 8. The van der Waals surface area contributed by atoms with Gasteiger partial charge in [0.1, 0.15) is 6.10 Å². The number of rotatable bonds is 3. The van der Waals surface area contributed by atoms with Crippen LogP contribution in [0.25, 0.3) is 0 Å². The number of fused-ring (bicyclic) bond motifs is 2. The first kappa shape index (κ1) is 26.0. The molecule has 0 fully saturated rings. The van der Waals surface area contributed by atoms with Crippen molar-refractivity contribution in [2.24, 2.45) is 11.3 Å². The van der Waals surface area contributed by atoms with E-state index < -0.39 is 60.1 Å². The molecule has 0 aromatic carbocycles. The van der Waals surface area contributed by atoms with Crippen LogP contribution in [-0.2, 0) is 23.9 Å². The van der Waals surface area contributed by atoms with Crippen molar-refractivity contribution in [1.29, 1.82) is 0 Å². The predicted octanol–water partition coefficient (Wildman–Crippen LogP) is 1.77. The third-order valence-corrected chi connectivity index (χ3v) is 6.53. The van der Waals surface area contributed by atoms with Crippen LogP contribution in [0.3, 0.4) is 0 Å². The summed E-state index contributed by atoms with van der Waals surface area (Å²) in [6, 6.07) is 0. The Kier molecular flexibility index (Phi) is 8.20. The molecular formula is C24H34O8. The monoisotopic (exact) mass is 450 g/mol. The van der Waals surface area contributed by atoms with Crippen LogP contribution in [-0.4, -0.2) is 64.1 Å². The molecule has 0 amide bonds. The van der Waals surface area contributed by atoms with E-state index in [0.717, 1.165) is 0 Å². The summed E-state index contributed by atoms with van der Waals surface area (Å²) in [6.07, 6.45) is -0.927. The van der Waals surface area contributed by atoms with E-state index in [2.05, 4.69) is 0 Å². The van der Waals surface area contributed by atoms with Gasteiger partial charge in [-0.25, -0.2) is 0 Å². The van der Waals surface area contributed by atoms with Crippen molar-refractivity contribution >= 4 is 17.7 Å². The summed E-state index contributed by atoms with van der Waals surface area (Å²) in [5.74, 6) is -2.19. The number of aliphatic hydroxyl groups is 3. The molecule has 0 unspecified atom stereocenters. The number of ether oxygens (including phenoxy) is 2. The van der Waals surface area contributed by atoms with Crippen LogP contribution in [0, 0.1) is 11.3 Å². The van der Waals surface area contributed by atoms with E-state index in [4.69, 9.17) is 9.47 Å². The normalized spacial score (nSPS) is 34.3. The molecule has 2 aliphatic rings. The van der Waals surface area contributed by atoms with Gasteiger partial charge >= 0.3 is 11.9 Å². The van der Waals surface area contributed by atoms with Crippen molar-refractivity contribution in [3.63, 3.8) is 0 Å². The number of carbonyl (C=O) groups is 3. The van der Waals surface area contributed by atoms with Crippen LogP contribution in [0.15, 0.2) is 34.4 Å². The Morgan fingerprint density at radius 3 is 2.22 bits per heavy atom. The fraction of sp³-hybridized carbons (Fsp3) is 0.625. The highest BCUT2D eigenvalue weighted by atomic mass is 16.5. The Morgan fingerprint density at radius 2 is 1.69 bits per heavy atom. The Hall–Kier alpha value is -2.29. The summed E-state index contributed by atoms with van der Waals surface area (Å²) >= 11 is 0. The van der Waals surface area contributed by atoms with Crippen molar-refractivity contribution in [3.05, 3.63) is 34.4 Å². The Labute approximate surface area is 188 Å². The van der Waals surface area contributed by atoms with Crippen molar-refractivity contribution < 1.29 is 39.2 Å². The molecule has 0 aliphatic heterocycles. The van der Waals surface area contributed by atoms with E-state index in [1.807, 2.05) is 13.8 Å². The number of aliphatic hydroxyl groups excluding tert-OH is 3. The van der Waals surface area contributed by atoms with Crippen LogP contribution >= 0.6 is 0 Å². The van der Waals surface area contributed by atoms with Gasteiger partial charge in [-0.15, -0.1) is 0 Å². The van der Waals surface area contributed by atoms with Crippen molar-refractivity contribution in [2.45, 2.75) is 78.8 Å². The molecule has 0 heterocycles. The Morgan fingerprint density at radius 1 is 1.09 bits per heavy atom. The highest BCUT2D eigenvalue weighted by Crippen LogP contribution is 2.49. The van der Waals surface area contributed by atoms with Gasteiger partial charge in [0, 0.05) is 19.8 Å². The average Bonchev–Trinajstić information content (AvgIpc) is 2.69. The molecule has 0 saturated carbocycles. The van der Waals surface area contributed by atoms with Gasteiger partial charge in [0.05, 0.1) is 18.8 Å². The van der Waals surface area contributed by atoms with E-state index >= 15 is 0 Å². The number of carbonyl (C=O) groups excluding carboxylic acids is 3. The maximum absolute atomic E-state index is 13.4. The van der Waals surface area contributed by atoms with Crippen LogP contribution in [0.1, 0.15) is 54.4 Å². The average molecular weight is 451 g/mol. The minimum absolute atomic E-state index is 0.0399. The van der Waals surface area contributed by atoms with Gasteiger partial charge in [0.15, 0.2) is 6.10 Å². The number of ketones is 1. The summed E-state index contributed by atoms with van der Waals surface area (Å²) in [5, 5.41) is 31.3. The van der Waals surface area contributed by atoms with Crippen LogP contribution in [0.4, 0.5) is 0 Å². The van der Waals surface area contributed by atoms with Gasteiger partial charge in [-0.05, 0) is 60.5 Å². The third-order valence-electron chi connectivity index (χ3n) is 6.53. The zero-order chi connectivity index (χ0) is 24.4. The number of hydrogen-bond donors (Lipinski definition) is 3.